The number of pyridine rings is 1. The molecule has 0 aromatic carbocycles. The smallest absolute Gasteiger partial charge is 0.245 e. The van der Waals surface area contributed by atoms with Gasteiger partial charge in [0.15, 0.2) is 5.82 Å². The van der Waals surface area contributed by atoms with Gasteiger partial charge in [0, 0.05) is 32.4 Å². The topological polar surface area (TPSA) is 92.4 Å². The van der Waals surface area contributed by atoms with Crippen molar-refractivity contribution in [3.05, 3.63) is 41.8 Å². The SMILES string of the molecule is Cc1noc(C2CCN(Cc3ccccn3)CCN2S(C)(=O)=O)n1. The molecule has 3 rings (SSSR count). The molecule has 0 amide bonds. The largest absolute Gasteiger partial charge is 0.338 e. The maximum absolute atomic E-state index is 12.2. The highest BCUT2D eigenvalue weighted by molar-refractivity contribution is 7.88. The van der Waals surface area contributed by atoms with Gasteiger partial charge >= 0.3 is 0 Å². The molecule has 1 aliphatic rings. The molecular formula is C15H21N5O3S. The molecule has 0 aliphatic carbocycles. The normalized spacial score (nSPS) is 20.8. The van der Waals surface area contributed by atoms with Crippen molar-refractivity contribution in [2.24, 2.45) is 0 Å². The number of hydrogen-bond donors (Lipinski definition) is 0. The van der Waals surface area contributed by atoms with Gasteiger partial charge in [-0.3, -0.25) is 9.88 Å². The molecule has 1 aliphatic heterocycles. The molecule has 1 atom stereocenters. The Labute approximate surface area is 141 Å². The van der Waals surface area contributed by atoms with Gasteiger partial charge in [-0.2, -0.15) is 9.29 Å². The molecule has 1 saturated heterocycles. The average Bonchev–Trinajstić information content (AvgIpc) is 2.84. The fraction of sp³-hybridized carbons (Fsp3) is 0.533. The molecule has 0 N–H and O–H groups in total. The number of aromatic nitrogens is 3. The Kier molecular flexibility index (Phi) is 4.93. The van der Waals surface area contributed by atoms with Crippen molar-refractivity contribution in [1.29, 1.82) is 0 Å². The molecule has 0 spiro atoms. The summed E-state index contributed by atoms with van der Waals surface area (Å²) in [5.41, 5.74) is 0.968. The van der Waals surface area contributed by atoms with Crippen LogP contribution < -0.4 is 0 Å². The number of sulfonamides is 1. The molecule has 1 fully saturated rings. The zero-order chi connectivity index (χ0) is 17.2. The highest BCUT2D eigenvalue weighted by Crippen LogP contribution is 2.28. The van der Waals surface area contributed by atoms with Gasteiger partial charge in [-0.25, -0.2) is 8.42 Å². The number of aryl methyl sites for hydroxylation is 1. The second kappa shape index (κ2) is 6.96. The molecule has 24 heavy (non-hydrogen) atoms. The van der Waals surface area contributed by atoms with E-state index in [-0.39, 0.29) is 0 Å². The minimum atomic E-state index is -3.37. The van der Waals surface area contributed by atoms with Crippen LogP contribution in [0, 0.1) is 6.92 Å². The Hall–Kier alpha value is -1.84. The van der Waals surface area contributed by atoms with E-state index in [1.54, 1.807) is 13.1 Å². The maximum atomic E-state index is 12.2. The fourth-order valence-corrected chi connectivity index (χ4v) is 4.00. The van der Waals surface area contributed by atoms with Crippen molar-refractivity contribution in [2.45, 2.75) is 25.9 Å². The zero-order valence-electron chi connectivity index (χ0n) is 13.8. The third-order valence-corrected chi connectivity index (χ3v) is 5.36. The number of rotatable bonds is 4. The Morgan fingerprint density at radius 1 is 1.29 bits per heavy atom. The summed E-state index contributed by atoms with van der Waals surface area (Å²) in [6.07, 6.45) is 3.58. The van der Waals surface area contributed by atoms with Crippen molar-refractivity contribution in [3.63, 3.8) is 0 Å². The van der Waals surface area contributed by atoms with Crippen molar-refractivity contribution < 1.29 is 12.9 Å². The molecule has 2 aromatic heterocycles. The summed E-state index contributed by atoms with van der Waals surface area (Å²) in [7, 11) is -3.37. The van der Waals surface area contributed by atoms with Crippen LogP contribution in [-0.4, -0.2) is 58.6 Å². The van der Waals surface area contributed by atoms with Crippen LogP contribution >= 0.6 is 0 Å². The first-order chi connectivity index (χ1) is 11.4. The molecule has 1 unspecified atom stereocenters. The summed E-state index contributed by atoms with van der Waals surface area (Å²) in [5, 5.41) is 3.79. The van der Waals surface area contributed by atoms with Gasteiger partial charge in [0.2, 0.25) is 15.9 Å². The third kappa shape index (κ3) is 3.97. The van der Waals surface area contributed by atoms with Crippen LogP contribution in [0.25, 0.3) is 0 Å². The fourth-order valence-electron chi connectivity index (χ4n) is 2.93. The van der Waals surface area contributed by atoms with Crippen LogP contribution in [-0.2, 0) is 16.6 Å². The van der Waals surface area contributed by atoms with Gasteiger partial charge in [-0.1, -0.05) is 11.2 Å². The quantitative estimate of drug-likeness (QED) is 0.811. The van der Waals surface area contributed by atoms with Crippen LogP contribution in [0.4, 0.5) is 0 Å². The third-order valence-electron chi connectivity index (χ3n) is 4.07. The van der Waals surface area contributed by atoms with E-state index >= 15 is 0 Å². The van der Waals surface area contributed by atoms with Gasteiger partial charge in [0.25, 0.3) is 0 Å². The Balaban J connectivity index is 1.79. The summed E-state index contributed by atoms with van der Waals surface area (Å²) in [6.45, 7) is 4.16. The molecule has 130 valence electrons. The van der Waals surface area contributed by atoms with Gasteiger partial charge < -0.3 is 4.52 Å². The predicted octanol–water partition coefficient (Wildman–Crippen LogP) is 0.982. The van der Waals surface area contributed by atoms with Crippen LogP contribution in [0.3, 0.4) is 0 Å². The van der Waals surface area contributed by atoms with E-state index in [2.05, 4.69) is 20.0 Å². The lowest BCUT2D eigenvalue weighted by molar-refractivity contribution is 0.257. The van der Waals surface area contributed by atoms with Crippen molar-refractivity contribution in [3.8, 4) is 0 Å². The lowest BCUT2D eigenvalue weighted by Gasteiger charge is -2.24. The second-order valence-electron chi connectivity index (χ2n) is 5.96. The van der Waals surface area contributed by atoms with E-state index in [4.69, 9.17) is 4.52 Å². The Morgan fingerprint density at radius 2 is 2.12 bits per heavy atom. The minimum Gasteiger partial charge on any atom is -0.338 e. The van der Waals surface area contributed by atoms with Gasteiger partial charge in [-0.15, -0.1) is 0 Å². The zero-order valence-corrected chi connectivity index (χ0v) is 14.6. The molecule has 9 heteroatoms. The lowest BCUT2D eigenvalue weighted by Crippen LogP contribution is -2.36. The summed E-state index contributed by atoms with van der Waals surface area (Å²) in [5.74, 6) is 0.866. The molecule has 0 radical (unpaired) electrons. The Morgan fingerprint density at radius 3 is 2.75 bits per heavy atom. The highest BCUT2D eigenvalue weighted by atomic mass is 32.2. The lowest BCUT2D eigenvalue weighted by atomic mass is 10.2. The van der Waals surface area contributed by atoms with Crippen LogP contribution in [0.1, 0.15) is 29.9 Å². The number of nitrogens with zero attached hydrogens (tertiary/aromatic N) is 5. The van der Waals surface area contributed by atoms with E-state index in [1.807, 2.05) is 18.2 Å². The van der Waals surface area contributed by atoms with Gasteiger partial charge in [-0.05, 0) is 25.5 Å². The summed E-state index contributed by atoms with van der Waals surface area (Å²) >= 11 is 0. The highest BCUT2D eigenvalue weighted by Gasteiger charge is 2.34. The van der Waals surface area contributed by atoms with Crippen molar-refractivity contribution >= 4 is 10.0 Å². The van der Waals surface area contributed by atoms with Crippen LogP contribution in [0.5, 0.6) is 0 Å². The van der Waals surface area contributed by atoms with Crippen LogP contribution in [0.15, 0.2) is 28.9 Å². The van der Waals surface area contributed by atoms with Crippen molar-refractivity contribution in [1.82, 2.24) is 24.3 Å². The molecule has 0 saturated carbocycles. The summed E-state index contributed by atoms with van der Waals surface area (Å²) in [4.78, 5) is 10.8. The van der Waals surface area contributed by atoms with E-state index < -0.39 is 16.1 Å². The molecule has 3 heterocycles. The molecule has 0 bridgehead atoms. The maximum Gasteiger partial charge on any atom is 0.245 e. The minimum absolute atomic E-state index is 0.359. The predicted molar refractivity (Wildman–Crippen MR) is 87.5 cm³/mol. The molecule has 2 aromatic rings. The standard InChI is InChI=1S/C15H21N5O3S/c1-12-17-15(23-18-12)14-6-8-19(9-10-20(14)24(2,21)22)11-13-5-3-4-7-16-13/h3-5,7,14H,6,8-11H2,1-2H3. The number of hydrogen-bond acceptors (Lipinski definition) is 7. The van der Waals surface area contributed by atoms with E-state index in [9.17, 15) is 8.42 Å². The first-order valence-corrected chi connectivity index (χ1v) is 9.67. The van der Waals surface area contributed by atoms with Gasteiger partial charge in [0.1, 0.15) is 6.04 Å². The van der Waals surface area contributed by atoms with Crippen LogP contribution in [0.2, 0.25) is 0 Å². The molecule has 8 nitrogen and oxygen atoms in total. The van der Waals surface area contributed by atoms with E-state index in [0.717, 1.165) is 12.2 Å². The van der Waals surface area contributed by atoms with E-state index in [0.29, 0.717) is 37.8 Å². The monoisotopic (exact) mass is 351 g/mol. The molecular weight excluding hydrogens is 330 g/mol. The second-order valence-corrected chi connectivity index (χ2v) is 7.89. The summed E-state index contributed by atoms with van der Waals surface area (Å²) in [6, 6.07) is 5.38. The first-order valence-electron chi connectivity index (χ1n) is 7.83. The van der Waals surface area contributed by atoms with Gasteiger partial charge in [0.05, 0.1) is 11.9 Å². The first kappa shape index (κ1) is 17.0. The average molecular weight is 351 g/mol. The van der Waals surface area contributed by atoms with E-state index in [1.165, 1.54) is 10.6 Å². The van der Waals surface area contributed by atoms with Crippen molar-refractivity contribution in [2.75, 3.05) is 25.9 Å². The Bertz CT molecular complexity index is 777. The summed E-state index contributed by atoms with van der Waals surface area (Å²) < 4.78 is 31.1.